The molecule has 0 spiro atoms. The van der Waals surface area contributed by atoms with Crippen LogP contribution in [0.1, 0.15) is 11.6 Å². The van der Waals surface area contributed by atoms with E-state index in [-0.39, 0.29) is 10.3 Å². The summed E-state index contributed by atoms with van der Waals surface area (Å²) in [4.78, 5) is 1.99. The van der Waals surface area contributed by atoms with E-state index >= 15 is 0 Å². The molecule has 1 N–H and O–H groups in total. The van der Waals surface area contributed by atoms with Gasteiger partial charge in [-0.15, -0.1) is 11.3 Å². The molecule has 2 aromatic rings. The van der Waals surface area contributed by atoms with Gasteiger partial charge in [0, 0.05) is 12.6 Å². The number of hydrogen-bond acceptors (Lipinski definition) is 5. The zero-order chi connectivity index (χ0) is 14.8. The van der Waals surface area contributed by atoms with Crippen molar-refractivity contribution in [2.75, 3.05) is 20.6 Å². The van der Waals surface area contributed by atoms with Crippen LogP contribution in [-0.4, -0.2) is 34.0 Å². The van der Waals surface area contributed by atoms with E-state index in [4.69, 9.17) is 11.6 Å². The Morgan fingerprint density at radius 2 is 2.10 bits per heavy atom. The zero-order valence-electron chi connectivity index (χ0n) is 11.0. The maximum Gasteiger partial charge on any atom is 0.250 e. The Labute approximate surface area is 132 Å². The van der Waals surface area contributed by atoms with Crippen LogP contribution in [0, 0.1) is 0 Å². The Morgan fingerprint density at radius 1 is 1.35 bits per heavy atom. The predicted octanol–water partition coefficient (Wildman–Crippen LogP) is 3.04. The molecule has 110 valence electrons. The Kier molecular flexibility index (Phi) is 5.22. The molecule has 0 unspecified atom stereocenters. The molecular weight excluding hydrogens is 336 g/mol. The molecule has 0 aromatic carbocycles. The highest BCUT2D eigenvalue weighted by molar-refractivity contribution is 7.91. The first-order valence-electron chi connectivity index (χ1n) is 5.83. The van der Waals surface area contributed by atoms with Crippen molar-refractivity contribution in [3.8, 4) is 0 Å². The largest absolute Gasteiger partial charge is 0.301 e. The number of halogens is 1. The van der Waals surface area contributed by atoms with Crippen molar-refractivity contribution < 1.29 is 8.42 Å². The second-order valence-electron chi connectivity index (χ2n) is 4.45. The number of nitrogens with zero attached hydrogens (tertiary/aromatic N) is 1. The minimum Gasteiger partial charge on any atom is -0.301 e. The van der Waals surface area contributed by atoms with Gasteiger partial charge in [0.15, 0.2) is 0 Å². The average Bonchev–Trinajstić information content (AvgIpc) is 3.00. The SMILES string of the molecule is CN(C)[C@@H](CNS(=O)(=O)c1ccc(Cl)s1)c1ccsc1. The summed E-state index contributed by atoms with van der Waals surface area (Å²) in [7, 11) is 0.360. The normalized spacial score (nSPS) is 13.8. The van der Waals surface area contributed by atoms with Crippen LogP contribution in [0.15, 0.2) is 33.2 Å². The van der Waals surface area contributed by atoms with Gasteiger partial charge in [-0.05, 0) is 48.6 Å². The highest BCUT2D eigenvalue weighted by Crippen LogP contribution is 2.26. The number of sulfonamides is 1. The fourth-order valence-corrected chi connectivity index (χ4v) is 5.04. The van der Waals surface area contributed by atoms with Crippen LogP contribution in [-0.2, 0) is 10.0 Å². The molecular formula is C12H15ClN2O2S3. The first kappa shape index (κ1) is 15.9. The van der Waals surface area contributed by atoms with Crippen molar-refractivity contribution in [2.45, 2.75) is 10.3 Å². The van der Waals surface area contributed by atoms with E-state index in [1.54, 1.807) is 17.4 Å². The second kappa shape index (κ2) is 6.55. The third-order valence-electron chi connectivity index (χ3n) is 2.83. The molecule has 0 bridgehead atoms. The first-order valence-corrected chi connectivity index (χ1v) is 9.46. The van der Waals surface area contributed by atoms with Crippen LogP contribution >= 0.6 is 34.3 Å². The first-order chi connectivity index (χ1) is 9.40. The maximum absolute atomic E-state index is 12.2. The molecule has 2 aromatic heterocycles. The molecule has 4 nitrogen and oxygen atoms in total. The molecule has 0 saturated heterocycles. The van der Waals surface area contributed by atoms with E-state index in [0.29, 0.717) is 10.9 Å². The van der Waals surface area contributed by atoms with Crippen LogP contribution in [0.5, 0.6) is 0 Å². The van der Waals surface area contributed by atoms with E-state index in [2.05, 4.69) is 4.72 Å². The Morgan fingerprint density at radius 3 is 2.60 bits per heavy atom. The molecule has 0 radical (unpaired) electrons. The highest BCUT2D eigenvalue weighted by atomic mass is 35.5. The Hall–Kier alpha value is -0.440. The minimum absolute atomic E-state index is 0.00598. The summed E-state index contributed by atoms with van der Waals surface area (Å²) >= 11 is 8.44. The molecule has 0 aliphatic heterocycles. The summed E-state index contributed by atoms with van der Waals surface area (Å²) in [5, 5.41) is 4.01. The van der Waals surface area contributed by atoms with Crippen LogP contribution < -0.4 is 4.72 Å². The highest BCUT2D eigenvalue weighted by Gasteiger charge is 2.21. The number of rotatable bonds is 6. The maximum atomic E-state index is 12.2. The summed E-state index contributed by atoms with van der Waals surface area (Å²) < 4.78 is 27.7. The summed E-state index contributed by atoms with van der Waals surface area (Å²) in [5.41, 5.74) is 1.10. The zero-order valence-corrected chi connectivity index (χ0v) is 14.2. The Bertz CT molecular complexity index is 650. The number of likely N-dealkylation sites (N-methyl/N-ethyl adjacent to an activating group) is 1. The van der Waals surface area contributed by atoms with Gasteiger partial charge in [-0.1, -0.05) is 11.6 Å². The molecule has 0 aliphatic rings. The molecule has 0 aliphatic carbocycles. The smallest absolute Gasteiger partial charge is 0.250 e. The van der Waals surface area contributed by atoms with Crippen molar-refractivity contribution in [2.24, 2.45) is 0 Å². The fraction of sp³-hybridized carbons (Fsp3) is 0.333. The van der Waals surface area contributed by atoms with E-state index < -0.39 is 10.0 Å². The van der Waals surface area contributed by atoms with Gasteiger partial charge in [-0.25, -0.2) is 13.1 Å². The molecule has 8 heteroatoms. The van der Waals surface area contributed by atoms with Gasteiger partial charge in [0.2, 0.25) is 10.0 Å². The summed E-state index contributed by atoms with van der Waals surface area (Å²) in [6, 6.07) is 5.12. The van der Waals surface area contributed by atoms with E-state index in [1.165, 1.54) is 6.07 Å². The number of hydrogen-bond donors (Lipinski definition) is 1. The van der Waals surface area contributed by atoms with Crippen LogP contribution in [0.4, 0.5) is 0 Å². The van der Waals surface area contributed by atoms with Crippen LogP contribution in [0.25, 0.3) is 0 Å². The molecule has 0 fully saturated rings. The monoisotopic (exact) mass is 350 g/mol. The molecule has 1 atom stereocenters. The van der Waals surface area contributed by atoms with Gasteiger partial charge in [0.05, 0.1) is 4.34 Å². The van der Waals surface area contributed by atoms with Gasteiger partial charge in [-0.3, -0.25) is 0 Å². The molecule has 0 amide bonds. The summed E-state index contributed by atoms with van der Waals surface area (Å²) in [6.07, 6.45) is 0. The molecule has 0 saturated carbocycles. The van der Waals surface area contributed by atoms with Crippen LogP contribution in [0.2, 0.25) is 4.34 Å². The second-order valence-corrected chi connectivity index (χ2v) is 8.94. The van der Waals surface area contributed by atoms with Crippen molar-refractivity contribution >= 4 is 44.3 Å². The van der Waals surface area contributed by atoms with Crippen molar-refractivity contribution in [3.05, 3.63) is 38.9 Å². The van der Waals surface area contributed by atoms with E-state index in [1.807, 2.05) is 35.8 Å². The summed E-state index contributed by atoms with van der Waals surface area (Å²) in [6.45, 7) is 0.321. The van der Waals surface area contributed by atoms with Crippen molar-refractivity contribution in [1.82, 2.24) is 9.62 Å². The van der Waals surface area contributed by atoms with Gasteiger partial charge >= 0.3 is 0 Å². The standard InChI is InChI=1S/C12H15ClN2O2S3/c1-15(2)10(9-5-6-18-8-9)7-14-20(16,17)12-4-3-11(13)19-12/h3-6,8,10,14H,7H2,1-2H3/t10-/m0/s1. The Balaban J connectivity index is 2.10. The minimum atomic E-state index is -3.50. The van der Waals surface area contributed by atoms with Crippen molar-refractivity contribution in [1.29, 1.82) is 0 Å². The number of nitrogens with one attached hydrogen (secondary N) is 1. The van der Waals surface area contributed by atoms with Gasteiger partial charge in [0.25, 0.3) is 0 Å². The van der Waals surface area contributed by atoms with E-state index in [9.17, 15) is 8.42 Å². The summed E-state index contributed by atoms with van der Waals surface area (Å²) in [5.74, 6) is 0. The van der Waals surface area contributed by atoms with Gasteiger partial charge in [0.1, 0.15) is 4.21 Å². The third-order valence-corrected chi connectivity index (χ3v) is 6.68. The molecule has 2 heterocycles. The predicted molar refractivity (Wildman–Crippen MR) is 85.3 cm³/mol. The van der Waals surface area contributed by atoms with Gasteiger partial charge < -0.3 is 4.90 Å². The topological polar surface area (TPSA) is 49.4 Å². The molecule has 2 rings (SSSR count). The lowest BCUT2D eigenvalue weighted by Crippen LogP contribution is -2.34. The molecule has 20 heavy (non-hydrogen) atoms. The average molecular weight is 351 g/mol. The lowest BCUT2D eigenvalue weighted by molar-refractivity contribution is 0.300. The quantitative estimate of drug-likeness (QED) is 0.871. The van der Waals surface area contributed by atoms with Crippen molar-refractivity contribution in [3.63, 3.8) is 0 Å². The van der Waals surface area contributed by atoms with E-state index in [0.717, 1.165) is 16.9 Å². The third kappa shape index (κ3) is 3.81. The number of thiophene rings is 2. The van der Waals surface area contributed by atoms with Gasteiger partial charge in [-0.2, -0.15) is 11.3 Å². The fourth-order valence-electron chi connectivity index (χ4n) is 1.77. The lowest BCUT2D eigenvalue weighted by atomic mass is 10.1. The van der Waals surface area contributed by atoms with Crippen LogP contribution in [0.3, 0.4) is 0 Å². The lowest BCUT2D eigenvalue weighted by Gasteiger charge is -2.23.